The highest BCUT2D eigenvalue weighted by molar-refractivity contribution is 7.89. The minimum absolute atomic E-state index is 0.0851. The van der Waals surface area contributed by atoms with Crippen LogP contribution >= 0.6 is 0 Å². The third-order valence-electron chi connectivity index (χ3n) is 4.40. The smallest absolute Gasteiger partial charge is 0.329 e. The van der Waals surface area contributed by atoms with E-state index < -0.39 is 21.8 Å². The van der Waals surface area contributed by atoms with Gasteiger partial charge in [0.25, 0.3) is 0 Å². The van der Waals surface area contributed by atoms with Gasteiger partial charge in [0.1, 0.15) is 0 Å². The molecule has 4 nitrogen and oxygen atoms in total. The summed E-state index contributed by atoms with van der Waals surface area (Å²) in [7, 11) is -3.86. The molecule has 1 aliphatic heterocycles. The normalized spacial score (nSPS) is 23.9. The molecule has 0 saturated carbocycles. The van der Waals surface area contributed by atoms with E-state index in [2.05, 4.69) is 0 Å². The molecule has 1 aromatic rings. The predicted molar refractivity (Wildman–Crippen MR) is 81.3 cm³/mol. The van der Waals surface area contributed by atoms with Crippen molar-refractivity contribution >= 4 is 10.0 Å². The average molecular weight is 350 g/mol. The third kappa shape index (κ3) is 3.54. The Bertz CT molecular complexity index is 674. The number of halogens is 3. The number of alkyl halides is 3. The van der Waals surface area contributed by atoms with E-state index >= 15 is 0 Å². The van der Waals surface area contributed by atoms with Crippen LogP contribution in [0.4, 0.5) is 13.2 Å². The lowest BCUT2D eigenvalue weighted by atomic mass is 9.93. The summed E-state index contributed by atoms with van der Waals surface area (Å²) < 4.78 is 65.3. The molecule has 2 N–H and O–H groups in total. The van der Waals surface area contributed by atoms with Gasteiger partial charge >= 0.3 is 6.18 Å². The molecule has 1 heterocycles. The second-order valence-electron chi connectivity index (χ2n) is 6.02. The summed E-state index contributed by atoms with van der Waals surface area (Å²) in [6.45, 7) is 3.86. The fourth-order valence-corrected chi connectivity index (χ4v) is 5.08. The summed E-state index contributed by atoms with van der Waals surface area (Å²) in [6.07, 6.45) is -2.89. The van der Waals surface area contributed by atoms with Crippen molar-refractivity contribution in [2.75, 3.05) is 13.1 Å². The summed E-state index contributed by atoms with van der Waals surface area (Å²) in [5.41, 5.74) is 4.96. The molecule has 0 amide bonds. The standard InChI is InChI=1S/C15H21F3N2O2S/c1-10-4-3-7-20(13(10)9-19)23(21,22)14-6-5-12(8-11(14)2)15(16,17)18/h5-6,8,10,13H,3-4,7,9,19H2,1-2H3. The van der Waals surface area contributed by atoms with Gasteiger partial charge in [-0.2, -0.15) is 17.5 Å². The van der Waals surface area contributed by atoms with Crippen LogP contribution in [-0.4, -0.2) is 31.9 Å². The summed E-state index contributed by atoms with van der Waals surface area (Å²) >= 11 is 0. The zero-order valence-electron chi connectivity index (χ0n) is 13.1. The maximum atomic E-state index is 12.9. The lowest BCUT2D eigenvalue weighted by Crippen LogP contribution is -2.51. The van der Waals surface area contributed by atoms with Crippen molar-refractivity contribution in [3.8, 4) is 0 Å². The molecule has 0 aliphatic carbocycles. The first-order chi connectivity index (χ1) is 10.6. The number of nitrogens with zero attached hydrogens (tertiary/aromatic N) is 1. The molecule has 1 aliphatic rings. The van der Waals surface area contributed by atoms with Crippen molar-refractivity contribution in [2.45, 2.75) is 43.8 Å². The molecule has 0 radical (unpaired) electrons. The molecule has 8 heteroatoms. The first-order valence-electron chi connectivity index (χ1n) is 7.48. The van der Waals surface area contributed by atoms with E-state index in [4.69, 9.17) is 5.73 Å². The minimum Gasteiger partial charge on any atom is -0.329 e. The van der Waals surface area contributed by atoms with Gasteiger partial charge in [-0.15, -0.1) is 0 Å². The number of rotatable bonds is 3. The number of benzene rings is 1. The first-order valence-corrected chi connectivity index (χ1v) is 8.92. The fourth-order valence-electron chi connectivity index (χ4n) is 3.10. The Morgan fingerprint density at radius 2 is 2.00 bits per heavy atom. The Hall–Kier alpha value is -1.12. The van der Waals surface area contributed by atoms with Crippen LogP contribution < -0.4 is 5.73 Å². The maximum absolute atomic E-state index is 12.9. The molecular weight excluding hydrogens is 329 g/mol. The van der Waals surface area contributed by atoms with Crippen LogP contribution in [0, 0.1) is 12.8 Å². The van der Waals surface area contributed by atoms with Crippen LogP contribution in [0.2, 0.25) is 0 Å². The Morgan fingerprint density at radius 1 is 1.35 bits per heavy atom. The van der Waals surface area contributed by atoms with Crippen molar-refractivity contribution in [1.29, 1.82) is 0 Å². The monoisotopic (exact) mass is 350 g/mol. The van der Waals surface area contributed by atoms with E-state index in [1.807, 2.05) is 6.92 Å². The van der Waals surface area contributed by atoms with Gasteiger partial charge in [-0.25, -0.2) is 8.42 Å². The summed E-state index contributed by atoms with van der Waals surface area (Å²) in [4.78, 5) is -0.0851. The first kappa shape index (κ1) is 18.2. The lowest BCUT2D eigenvalue weighted by molar-refractivity contribution is -0.137. The van der Waals surface area contributed by atoms with E-state index in [0.717, 1.165) is 31.0 Å². The van der Waals surface area contributed by atoms with Gasteiger partial charge in [0.05, 0.1) is 10.5 Å². The maximum Gasteiger partial charge on any atom is 0.416 e. The van der Waals surface area contributed by atoms with Gasteiger partial charge in [0.2, 0.25) is 10.0 Å². The van der Waals surface area contributed by atoms with Crippen LogP contribution in [-0.2, 0) is 16.2 Å². The number of nitrogens with two attached hydrogens (primary N) is 1. The van der Waals surface area contributed by atoms with Gasteiger partial charge in [-0.05, 0) is 49.4 Å². The topological polar surface area (TPSA) is 63.4 Å². The molecule has 130 valence electrons. The lowest BCUT2D eigenvalue weighted by Gasteiger charge is -2.38. The van der Waals surface area contributed by atoms with Crippen molar-refractivity contribution < 1.29 is 21.6 Å². The van der Waals surface area contributed by atoms with Crippen molar-refractivity contribution in [2.24, 2.45) is 11.7 Å². The van der Waals surface area contributed by atoms with Crippen LogP contribution in [0.25, 0.3) is 0 Å². The van der Waals surface area contributed by atoms with Gasteiger partial charge < -0.3 is 5.73 Å². The molecule has 23 heavy (non-hydrogen) atoms. The largest absolute Gasteiger partial charge is 0.416 e. The summed E-state index contributed by atoms with van der Waals surface area (Å²) in [5, 5.41) is 0. The zero-order valence-corrected chi connectivity index (χ0v) is 13.9. The van der Waals surface area contributed by atoms with Crippen molar-refractivity contribution in [1.82, 2.24) is 4.31 Å². The molecule has 1 saturated heterocycles. The molecule has 0 bridgehead atoms. The fraction of sp³-hybridized carbons (Fsp3) is 0.600. The van der Waals surface area contributed by atoms with Crippen LogP contribution in [0.5, 0.6) is 0 Å². The molecule has 1 fully saturated rings. The van der Waals surface area contributed by atoms with E-state index in [-0.39, 0.29) is 29.0 Å². The zero-order chi connectivity index (χ0) is 17.4. The number of aryl methyl sites for hydroxylation is 1. The molecule has 2 atom stereocenters. The van der Waals surface area contributed by atoms with E-state index in [1.165, 1.54) is 11.2 Å². The summed E-state index contributed by atoms with van der Waals surface area (Å²) in [6, 6.07) is 2.40. The highest BCUT2D eigenvalue weighted by atomic mass is 32.2. The Kier molecular flexibility index (Phi) is 5.08. The number of piperidine rings is 1. The quantitative estimate of drug-likeness (QED) is 0.912. The number of hydrogen-bond acceptors (Lipinski definition) is 3. The summed E-state index contributed by atoms with van der Waals surface area (Å²) in [5.74, 6) is 0.123. The van der Waals surface area contributed by atoms with Gasteiger partial charge in [0, 0.05) is 19.1 Å². The predicted octanol–water partition coefficient (Wildman–Crippen LogP) is 2.76. The van der Waals surface area contributed by atoms with Gasteiger partial charge in [-0.1, -0.05) is 6.92 Å². The van der Waals surface area contributed by atoms with Crippen LogP contribution in [0.3, 0.4) is 0 Å². The van der Waals surface area contributed by atoms with Crippen LogP contribution in [0.1, 0.15) is 30.9 Å². The molecule has 0 spiro atoms. The van der Waals surface area contributed by atoms with E-state index in [1.54, 1.807) is 0 Å². The molecule has 2 unspecified atom stereocenters. The Labute approximate surface area is 134 Å². The second-order valence-corrected chi connectivity index (χ2v) is 7.88. The second kappa shape index (κ2) is 6.41. The minimum atomic E-state index is -4.49. The highest BCUT2D eigenvalue weighted by Gasteiger charge is 2.38. The van der Waals surface area contributed by atoms with Crippen molar-refractivity contribution in [3.05, 3.63) is 29.3 Å². The molecule has 2 rings (SSSR count). The third-order valence-corrected chi connectivity index (χ3v) is 6.48. The molecule has 1 aromatic carbocycles. The van der Waals surface area contributed by atoms with E-state index in [9.17, 15) is 21.6 Å². The Morgan fingerprint density at radius 3 is 2.52 bits per heavy atom. The van der Waals surface area contributed by atoms with Gasteiger partial charge in [-0.3, -0.25) is 0 Å². The number of hydrogen-bond donors (Lipinski definition) is 1. The molecular formula is C15H21F3N2O2S. The van der Waals surface area contributed by atoms with Gasteiger partial charge in [0.15, 0.2) is 0 Å². The number of sulfonamides is 1. The average Bonchev–Trinajstić information content (AvgIpc) is 2.45. The SMILES string of the molecule is Cc1cc(C(F)(F)F)ccc1S(=O)(=O)N1CCCC(C)C1CN. The van der Waals surface area contributed by atoms with Crippen molar-refractivity contribution in [3.63, 3.8) is 0 Å². The van der Waals surface area contributed by atoms with Crippen LogP contribution in [0.15, 0.2) is 23.1 Å². The molecule has 0 aromatic heterocycles. The Balaban J connectivity index is 2.43. The highest BCUT2D eigenvalue weighted by Crippen LogP contribution is 2.34. The van der Waals surface area contributed by atoms with E-state index in [0.29, 0.717) is 6.54 Å².